The number of benzene rings is 1. The summed E-state index contributed by atoms with van der Waals surface area (Å²) in [7, 11) is 0. The summed E-state index contributed by atoms with van der Waals surface area (Å²) >= 11 is 0. The Hall–Kier alpha value is -2.77. The summed E-state index contributed by atoms with van der Waals surface area (Å²) in [6, 6.07) is 6.20. The molecular weight excluding hydrogens is 327 g/mol. The Kier molecular flexibility index (Phi) is 4.78. The van der Waals surface area contributed by atoms with Crippen molar-refractivity contribution in [2.24, 2.45) is 5.92 Å². The second-order valence-corrected chi connectivity index (χ2v) is 6.36. The SMILES string of the molecule is CC(CN(C(=O)c1cn(Cc2cccc(F)c2)nn1)C1CC1)C(=O)O. The molecule has 1 saturated carbocycles. The quantitative estimate of drug-likeness (QED) is 0.826. The van der Waals surface area contributed by atoms with E-state index >= 15 is 0 Å². The zero-order valence-corrected chi connectivity index (χ0v) is 13.8. The van der Waals surface area contributed by atoms with Gasteiger partial charge >= 0.3 is 5.97 Å². The Morgan fingerprint density at radius 3 is 2.84 bits per heavy atom. The molecule has 0 aliphatic heterocycles. The van der Waals surface area contributed by atoms with E-state index in [1.54, 1.807) is 24.0 Å². The maximum atomic E-state index is 13.2. The summed E-state index contributed by atoms with van der Waals surface area (Å²) in [5.41, 5.74) is 0.878. The van der Waals surface area contributed by atoms with E-state index in [0.29, 0.717) is 12.1 Å². The first kappa shape index (κ1) is 17.1. The molecule has 0 radical (unpaired) electrons. The second-order valence-electron chi connectivity index (χ2n) is 6.36. The van der Waals surface area contributed by atoms with Crippen LogP contribution in [-0.2, 0) is 11.3 Å². The summed E-state index contributed by atoms with van der Waals surface area (Å²) in [6.45, 7) is 2.02. The van der Waals surface area contributed by atoms with Gasteiger partial charge in [0.1, 0.15) is 5.82 Å². The molecule has 7 nitrogen and oxygen atoms in total. The van der Waals surface area contributed by atoms with Crippen molar-refractivity contribution in [3.05, 3.63) is 47.5 Å². The van der Waals surface area contributed by atoms with Crippen LogP contribution in [0.25, 0.3) is 0 Å². The van der Waals surface area contributed by atoms with Crippen LogP contribution in [-0.4, -0.2) is 49.5 Å². The molecule has 1 atom stereocenters. The Morgan fingerprint density at radius 1 is 1.44 bits per heavy atom. The van der Waals surface area contributed by atoms with Crippen LogP contribution >= 0.6 is 0 Å². The number of carboxylic acid groups (broad SMARTS) is 1. The van der Waals surface area contributed by atoms with E-state index < -0.39 is 11.9 Å². The van der Waals surface area contributed by atoms with Crippen LogP contribution in [0, 0.1) is 11.7 Å². The normalized spacial score (nSPS) is 15.0. The van der Waals surface area contributed by atoms with Gasteiger partial charge in [-0.2, -0.15) is 0 Å². The number of carbonyl (C=O) groups excluding carboxylic acids is 1. The molecule has 1 N–H and O–H groups in total. The van der Waals surface area contributed by atoms with Gasteiger partial charge in [-0.15, -0.1) is 5.10 Å². The molecule has 132 valence electrons. The molecule has 1 unspecified atom stereocenters. The molecule has 1 aliphatic carbocycles. The van der Waals surface area contributed by atoms with Gasteiger partial charge in [0.15, 0.2) is 5.69 Å². The molecule has 1 fully saturated rings. The molecular formula is C17H19FN4O3. The average molecular weight is 346 g/mol. The van der Waals surface area contributed by atoms with Crippen molar-refractivity contribution in [3.63, 3.8) is 0 Å². The highest BCUT2D eigenvalue weighted by molar-refractivity contribution is 5.92. The number of nitrogens with zero attached hydrogens (tertiary/aromatic N) is 4. The molecule has 3 rings (SSSR count). The Labute approximate surface area is 144 Å². The molecule has 0 spiro atoms. The van der Waals surface area contributed by atoms with E-state index in [4.69, 9.17) is 5.11 Å². The molecule has 1 aliphatic rings. The minimum absolute atomic E-state index is 0.0719. The van der Waals surface area contributed by atoms with Gasteiger partial charge in [-0.1, -0.05) is 24.3 Å². The van der Waals surface area contributed by atoms with Gasteiger partial charge < -0.3 is 10.0 Å². The van der Waals surface area contributed by atoms with Crippen molar-refractivity contribution in [1.82, 2.24) is 19.9 Å². The van der Waals surface area contributed by atoms with Crippen LogP contribution in [0.2, 0.25) is 0 Å². The number of halogens is 1. The van der Waals surface area contributed by atoms with Crippen LogP contribution < -0.4 is 0 Å². The van der Waals surface area contributed by atoms with Crippen LogP contribution in [0.3, 0.4) is 0 Å². The fraction of sp³-hybridized carbons (Fsp3) is 0.412. The highest BCUT2D eigenvalue weighted by atomic mass is 19.1. The fourth-order valence-corrected chi connectivity index (χ4v) is 2.60. The molecule has 1 aromatic heterocycles. The lowest BCUT2D eigenvalue weighted by Crippen LogP contribution is -2.38. The topological polar surface area (TPSA) is 88.3 Å². The first-order chi connectivity index (χ1) is 11.9. The summed E-state index contributed by atoms with van der Waals surface area (Å²) in [5, 5.41) is 16.9. The van der Waals surface area contributed by atoms with Gasteiger partial charge in [-0.05, 0) is 30.5 Å². The lowest BCUT2D eigenvalue weighted by atomic mass is 10.1. The molecule has 25 heavy (non-hydrogen) atoms. The molecule has 8 heteroatoms. The van der Waals surface area contributed by atoms with Crippen LogP contribution in [0.4, 0.5) is 4.39 Å². The summed E-state index contributed by atoms with van der Waals surface area (Å²) in [4.78, 5) is 25.3. The van der Waals surface area contributed by atoms with Gasteiger partial charge in [-0.3, -0.25) is 9.59 Å². The maximum Gasteiger partial charge on any atom is 0.308 e. The number of rotatable bonds is 7. The first-order valence-corrected chi connectivity index (χ1v) is 8.12. The van der Waals surface area contributed by atoms with Gasteiger partial charge in [0, 0.05) is 12.6 Å². The van der Waals surface area contributed by atoms with E-state index in [2.05, 4.69) is 10.3 Å². The van der Waals surface area contributed by atoms with E-state index in [1.165, 1.54) is 23.0 Å². The van der Waals surface area contributed by atoms with Gasteiger partial charge in [0.2, 0.25) is 0 Å². The van der Waals surface area contributed by atoms with E-state index in [0.717, 1.165) is 12.8 Å². The Morgan fingerprint density at radius 2 is 2.20 bits per heavy atom. The monoisotopic (exact) mass is 346 g/mol. The smallest absolute Gasteiger partial charge is 0.308 e. The number of hydrogen-bond donors (Lipinski definition) is 1. The summed E-state index contributed by atoms with van der Waals surface area (Å²) in [5.74, 6) is -2.24. The van der Waals surface area contributed by atoms with Crippen molar-refractivity contribution < 1.29 is 19.1 Å². The van der Waals surface area contributed by atoms with Crippen LogP contribution in [0.1, 0.15) is 35.8 Å². The highest BCUT2D eigenvalue weighted by Crippen LogP contribution is 2.28. The Bertz CT molecular complexity index is 788. The van der Waals surface area contributed by atoms with Gasteiger partial charge in [-0.25, -0.2) is 9.07 Å². The lowest BCUT2D eigenvalue weighted by Gasteiger charge is -2.23. The van der Waals surface area contributed by atoms with Crippen LogP contribution in [0.15, 0.2) is 30.5 Å². The van der Waals surface area contributed by atoms with Crippen molar-refractivity contribution in [1.29, 1.82) is 0 Å². The zero-order chi connectivity index (χ0) is 18.0. The molecule has 1 aromatic carbocycles. The van der Waals surface area contributed by atoms with Crippen molar-refractivity contribution in [2.45, 2.75) is 32.4 Å². The number of amides is 1. The van der Waals surface area contributed by atoms with Crippen molar-refractivity contribution in [2.75, 3.05) is 6.54 Å². The second kappa shape index (κ2) is 7.00. The minimum Gasteiger partial charge on any atom is -0.481 e. The molecule has 1 amide bonds. The number of hydrogen-bond acceptors (Lipinski definition) is 4. The zero-order valence-electron chi connectivity index (χ0n) is 13.8. The fourth-order valence-electron chi connectivity index (χ4n) is 2.60. The predicted molar refractivity (Wildman–Crippen MR) is 86.4 cm³/mol. The lowest BCUT2D eigenvalue weighted by molar-refractivity contribution is -0.141. The molecule has 2 aromatic rings. The predicted octanol–water partition coefficient (Wildman–Crippen LogP) is 1.79. The van der Waals surface area contributed by atoms with Gasteiger partial charge in [0.05, 0.1) is 18.7 Å². The van der Waals surface area contributed by atoms with Gasteiger partial charge in [0.25, 0.3) is 5.91 Å². The molecule has 1 heterocycles. The standard InChI is InChI=1S/C17H19FN4O3/c1-11(17(24)25)8-22(14-5-6-14)16(23)15-10-21(20-19-15)9-12-3-2-4-13(18)7-12/h2-4,7,10-11,14H,5-6,8-9H2,1H3,(H,24,25). The van der Waals surface area contributed by atoms with E-state index in [9.17, 15) is 14.0 Å². The third kappa shape index (κ3) is 4.20. The van der Waals surface area contributed by atoms with Crippen molar-refractivity contribution in [3.8, 4) is 0 Å². The van der Waals surface area contributed by atoms with Crippen LogP contribution in [0.5, 0.6) is 0 Å². The average Bonchev–Trinajstić information content (AvgIpc) is 3.30. The number of aliphatic carboxylic acids is 1. The third-order valence-corrected chi connectivity index (χ3v) is 4.13. The van der Waals surface area contributed by atoms with E-state index in [1.807, 2.05) is 0 Å². The number of carboxylic acids is 1. The molecule has 0 saturated heterocycles. The highest BCUT2D eigenvalue weighted by Gasteiger charge is 2.35. The third-order valence-electron chi connectivity index (χ3n) is 4.13. The first-order valence-electron chi connectivity index (χ1n) is 8.12. The maximum absolute atomic E-state index is 13.2. The minimum atomic E-state index is -0.937. The van der Waals surface area contributed by atoms with E-state index in [-0.39, 0.29) is 30.0 Å². The Balaban J connectivity index is 1.71. The number of carbonyl (C=O) groups is 2. The largest absolute Gasteiger partial charge is 0.481 e. The number of aromatic nitrogens is 3. The summed E-state index contributed by atoms with van der Waals surface area (Å²) < 4.78 is 14.7. The van der Waals surface area contributed by atoms with Crippen molar-refractivity contribution >= 4 is 11.9 Å². The summed E-state index contributed by atoms with van der Waals surface area (Å²) in [6.07, 6.45) is 3.25. The molecule has 0 bridgehead atoms.